The number of methoxy groups -OCH3 is 1. The number of alkyl halides is 2. The van der Waals surface area contributed by atoms with Crippen LogP contribution in [0, 0.1) is 0 Å². The third-order valence-corrected chi connectivity index (χ3v) is 6.02. The van der Waals surface area contributed by atoms with Crippen LogP contribution in [-0.4, -0.2) is 36.4 Å². The molecule has 0 aliphatic carbocycles. The Hall–Kier alpha value is -3.79. The van der Waals surface area contributed by atoms with Crippen molar-refractivity contribution in [1.29, 1.82) is 0 Å². The molecule has 0 bridgehead atoms. The van der Waals surface area contributed by atoms with Crippen LogP contribution in [0.4, 0.5) is 8.78 Å². The molecule has 0 saturated carbocycles. The van der Waals surface area contributed by atoms with E-state index in [-0.39, 0.29) is 11.6 Å². The van der Waals surface area contributed by atoms with Gasteiger partial charge in [0.2, 0.25) is 0 Å². The Morgan fingerprint density at radius 3 is 2.45 bits per heavy atom. The molecule has 0 amide bonds. The van der Waals surface area contributed by atoms with Gasteiger partial charge in [-0.2, -0.15) is 8.78 Å². The molecule has 10 heteroatoms. The number of halogens is 2. The van der Waals surface area contributed by atoms with Crippen LogP contribution in [0.5, 0.6) is 5.75 Å². The topological polar surface area (TPSA) is 70.7 Å². The zero-order valence-electron chi connectivity index (χ0n) is 17.5. The highest BCUT2D eigenvalue weighted by molar-refractivity contribution is 7.98. The summed E-state index contributed by atoms with van der Waals surface area (Å²) in [5.41, 5.74) is 2.58. The van der Waals surface area contributed by atoms with Crippen molar-refractivity contribution >= 4 is 22.8 Å². The number of aromatic nitrogens is 6. The number of thioether (sulfide) groups is 1. The van der Waals surface area contributed by atoms with E-state index in [9.17, 15) is 8.78 Å². The van der Waals surface area contributed by atoms with E-state index in [1.807, 2.05) is 41.0 Å². The maximum Gasteiger partial charge on any atom is 0.320 e. The fourth-order valence-electron chi connectivity index (χ4n) is 3.56. The number of ether oxygens (including phenoxy) is 1. The van der Waals surface area contributed by atoms with Crippen molar-refractivity contribution in [2.75, 3.05) is 7.11 Å². The lowest BCUT2D eigenvalue weighted by Gasteiger charge is -2.11. The van der Waals surface area contributed by atoms with Crippen LogP contribution in [0.1, 0.15) is 12.4 Å². The van der Waals surface area contributed by atoms with E-state index >= 15 is 0 Å². The van der Waals surface area contributed by atoms with Crippen LogP contribution in [0.15, 0.2) is 78.2 Å². The summed E-state index contributed by atoms with van der Waals surface area (Å²) in [5.74, 6) is 1.81. The first kappa shape index (κ1) is 21.1. The second-order valence-corrected chi connectivity index (χ2v) is 7.97. The van der Waals surface area contributed by atoms with Gasteiger partial charge < -0.3 is 4.74 Å². The maximum atomic E-state index is 13.8. The Labute approximate surface area is 192 Å². The average molecular weight is 465 g/mol. The first-order chi connectivity index (χ1) is 16.2. The standard InChI is InChI=1S/C23H18F2N6OS/c1-32-17-8-6-16(7-9-17)30-21(15-10-12-26-13-11-15)28-29-23(30)33-14-20-27-18-4-2-3-5-19(18)31(20)22(24)25/h2-13,22H,14H2,1H3. The average Bonchev–Trinajstić information content (AvgIpc) is 3.44. The minimum absolute atomic E-state index is 0.198. The van der Waals surface area contributed by atoms with Crippen molar-refractivity contribution in [2.24, 2.45) is 0 Å². The molecule has 3 heterocycles. The SMILES string of the molecule is COc1ccc(-n2c(SCc3nc4ccccc4n3C(F)F)nnc2-c2ccncc2)cc1. The van der Waals surface area contributed by atoms with E-state index in [2.05, 4.69) is 20.2 Å². The second-order valence-electron chi connectivity index (χ2n) is 7.03. The van der Waals surface area contributed by atoms with Gasteiger partial charge >= 0.3 is 6.55 Å². The lowest BCUT2D eigenvalue weighted by Crippen LogP contribution is -2.04. The van der Waals surface area contributed by atoms with Gasteiger partial charge in [-0.05, 0) is 48.5 Å². The van der Waals surface area contributed by atoms with Crippen molar-refractivity contribution in [3.8, 4) is 22.8 Å². The lowest BCUT2D eigenvalue weighted by atomic mass is 10.2. The molecule has 0 N–H and O–H groups in total. The van der Waals surface area contributed by atoms with Crippen molar-refractivity contribution in [3.05, 3.63) is 78.9 Å². The lowest BCUT2D eigenvalue weighted by molar-refractivity contribution is 0.0722. The highest BCUT2D eigenvalue weighted by atomic mass is 32.2. The van der Waals surface area contributed by atoms with Crippen molar-refractivity contribution < 1.29 is 13.5 Å². The van der Waals surface area contributed by atoms with E-state index in [4.69, 9.17) is 4.74 Å². The third kappa shape index (κ3) is 4.05. The molecule has 166 valence electrons. The molecule has 0 aliphatic heterocycles. The molecule has 5 rings (SSSR count). The summed E-state index contributed by atoms with van der Waals surface area (Å²) in [6.07, 6.45) is 3.36. The quantitative estimate of drug-likeness (QED) is 0.302. The normalized spacial score (nSPS) is 11.4. The van der Waals surface area contributed by atoms with Crippen LogP contribution >= 0.6 is 11.8 Å². The smallest absolute Gasteiger partial charge is 0.320 e. The van der Waals surface area contributed by atoms with E-state index in [0.29, 0.717) is 22.0 Å². The van der Waals surface area contributed by atoms with E-state index in [0.717, 1.165) is 21.6 Å². The Morgan fingerprint density at radius 2 is 1.73 bits per heavy atom. The maximum absolute atomic E-state index is 13.8. The number of imidazole rings is 1. The summed E-state index contributed by atoms with van der Waals surface area (Å²) < 4.78 is 35.7. The fraction of sp³-hybridized carbons (Fsp3) is 0.130. The molecule has 0 aliphatic rings. The molecule has 5 aromatic rings. The highest BCUT2D eigenvalue weighted by Gasteiger charge is 2.21. The molecule has 2 aromatic carbocycles. The van der Waals surface area contributed by atoms with Crippen LogP contribution in [0.3, 0.4) is 0 Å². The predicted molar refractivity (Wildman–Crippen MR) is 122 cm³/mol. The Morgan fingerprint density at radius 1 is 0.970 bits per heavy atom. The Kier molecular flexibility index (Phi) is 5.74. The largest absolute Gasteiger partial charge is 0.497 e. The van der Waals surface area contributed by atoms with E-state index < -0.39 is 6.55 Å². The molecule has 7 nitrogen and oxygen atoms in total. The number of fused-ring (bicyclic) bond motifs is 1. The highest BCUT2D eigenvalue weighted by Crippen LogP contribution is 2.32. The van der Waals surface area contributed by atoms with Gasteiger partial charge in [0.05, 0.1) is 23.9 Å². The molecule has 3 aromatic heterocycles. The number of pyridine rings is 1. The number of rotatable bonds is 7. The molecular weight excluding hydrogens is 446 g/mol. The molecular formula is C23H18F2N6OS. The van der Waals surface area contributed by atoms with Crippen LogP contribution in [0.25, 0.3) is 28.1 Å². The zero-order chi connectivity index (χ0) is 22.8. The monoisotopic (exact) mass is 464 g/mol. The summed E-state index contributed by atoms with van der Waals surface area (Å²) in [7, 11) is 1.60. The van der Waals surface area contributed by atoms with Crippen LogP contribution in [-0.2, 0) is 5.75 Å². The van der Waals surface area contributed by atoms with Crippen molar-refractivity contribution in [3.63, 3.8) is 0 Å². The molecule has 0 saturated heterocycles. The second kappa shape index (κ2) is 8.99. The molecule has 0 unspecified atom stereocenters. The van der Waals surface area contributed by atoms with E-state index in [1.54, 1.807) is 43.8 Å². The number of hydrogen-bond acceptors (Lipinski definition) is 6. The van der Waals surface area contributed by atoms with Crippen LogP contribution in [0.2, 0.25) is 0 Å². The first-order valence-corrected chi connectivity index (χ1v) is 11.0. The summed E-state index contributed by atoms with van der Waals surface area (Å²) in [6.45, 7) is -2.69. The molecule has 0 atom stereocenters. The number of hydrogen-bond donors (Lipinski definition) is 0. The Bertz CT molecular complexity index is 1390. The fourth-order valence-corrected chi connectivity index (χ4v) is 4.44. The minimum Gasteiger partial charge on any atom is -0.497 e. The van der Waals surface area contributed by atoms with Crippen LogP contribution < -0.4 is 4.74 Å². The number of para-hydroxylation sites is 2. The zero-order valence-corrected chi connectivity index (χ0v) is 18.3. The van der Waals surface area contributed by atoms with Crippen molar-refractivity contribution in [1.82, 2.24) is 29.3 Å². The van der Waals surface area contributed by atoms with E-state index in [1.165, 1.54) is 11.8 Å². The van der Waals surface area contributed by atoms with Gasteiger partial charge in [-0.15, -0.1) is 10.2 Å². The third-order valence-electron chi connectivity index (χ3n) is 5.10. The molecule has 0 radical (unpaired) electrons. The summed E-state index contributed by atoms with van der Waals surface area (Å²) in [6, 6.07) is 18.0. The van der Waals surface area contributed by atoms with Crippen molar-refractivity contribution in [2.45, 2.75) is 17.5 Å². The molecule has 0 fully saturated rings. The van der Waals surface area contributed by atoms with Gasteiger partial charge in [0.15, 0.2) is 11.0 Å². The summed E-state index contributed by atoms with van der Waals surface area (Å²) >= 11 is 1.29. The van der Waals surface area contributed by atoms with Gasteiger partial charge in [-0.25, -0.2) is 4.98 Å². The van der Waals surface area contributed by atoms with Gasteiger partial charge in [0.25, 0.3) is 0 Å². The van der Waals surface area contributed by atoms with Gasteiger partial charge in [-0.3, -0.25) is 14.1 Å². The molecule has 33 heavy (non-hydrogen) atoms. The summed E-state index contributed by atoms with van der Waals surface area (Å²) in [4.78, 5) is 8.48. The molecule has 0 spiro atoms. The van der Waals surface area contributed by atoms with Gasteiger partial charge in [-0.1, -0.05) is 23.9 Å². The minimum atomic E-state index is -2.69. The number of benzene rings is 2. The predicted octanol–water partition coefficient (Wildman–Crippen LogP) is 5.38. The van der Waals surface area contributed by atoms with Gasteiger partial charge in [0.1, 0.15) is 11.6 Å². The van der Waals surface area contributed by atoms with Gasteiger partial charge in [0, 0.05) is 23.6 Å². The summed E-state index contributed by atoms with van der Waals surface area (Å²) in [5, 5.41) is 9.29. The Balaban J connectivity index is 1.54. The number of nitrogens with zero attached hydrogens (tertiary/aromatic N) is 6. The first-order valence-electron chi connectivity index (χ1n) is 10.0.